The molecule has 0 saturated heterocycles. The van der Waals surface area contributed by atoms with Gasteiger partial charge in [-0.15, -0.1) is 0 Å². The van der Waals surface area contributed by atoms with Crippen molar-refractivity contribution in [1.82, 2.24) is 10.2 Å². The van der Waals surface area contributed by atoms with E-state index in [1.54, 1.807) is 55.6 Å². The molecule has 8 nitrogen and oxygen atoms in total. The van der Waals surface area contributed by atoms with Gasteiger partial charge in [0, 0.05) is 13.1 Å². The topological polar surface area (TPSA) is 96.0 Å². The number of methoxy groups -OCH3 is 1. The van der Waals surface area contributed by atoms with Crippen LogP contribution in [0.5, 0.6) is 5.75 Å². The van der Waals surface area contributed by atoms with E-state index in [0.29, 0.717) is 24.4 Å². The second kappa shape index (κ2) is 13.1. The zero-order valence-corrected chi connectivity index (χ0v) is 23.1. The molecule has 0 radical (unpaired) electrons. The highest BCUT2D eigenvalue weighted by molar-refractivity contribution is 7.92. The lowest BCUT2D eigenvalue weighted by Crippen LogP contribution is -2.52. The normalized spacial score (nSPS) is 11.9. The summed E-state index contributed by atoms with van der Waals surface area (Å²) in [4.78, 5) is 28.5. The number of nitrogens with zero attached hydrogens (tertiary/aromatic N) is 2. The van der Waals surface area contributed by atoms with E-state index in [0.717, 1.165) is 15.4 Å². The van der Waals surface area contributed by atoms with Gasteiger partial charge in [0.1, 0.15) is 18.3 Å². The lowest BCUT2D eigenvalue weighted by Gasteiger charge is -2.33. The molecule has 9 heteroatoms. The molecule has 202 valence electrons. The second-order valence-corrected chi connectivity index (χ2v) is 10.7. The Bertz CT molecular complexity index is 1350. The number of nitrogens with one attached hydrogen (secondary N) is 1. The summed E-state index contributed by atoms with van der Waals surface area (Å²) in [5.74, 6) is -0.166. The van der Waals surface area contributed by atoms with Gasteiger partial charge in [0.05, 0.1) is 17.7 Å². The predicted molar refractivity (Wildman–Crippen MR) is 148 cm³/mol. The van der Waals surface area contributed by atoms with Gasteiger partial charge in [0.15, 0.2) is 0 Å². The van der Waals surface area contributed by atoms with Gasteiger partial charge in [-0.2, -0.15) is 0 Å². The molecule has 0 heterocycles. The third-order valence-corrected chi connectivity index (χ3v) is 7.91. The summed E-state index contributed by atoms with van der Waals surface area (Å²) in [6, 6.07) is 21.5. The molecule has 3 aromatic rings. The fraction of sp³-hybridized carbons (Fsp3) is 0.310. The van der Waals surface area contributed by atoms with Crippen molar-refractivity contribution in [2.45, 2.75) is 44.7 Å². The number of rotatable bonds is 12. The first kappa shape index (κ1) is 28.7. The number of anilines is 1. The first-order valence-corrected chi connectivity index (χ1v) is 14.0. The van der Waals surface area contributed by atoms with Crippen molar-refractivity contribution < 1.29 is 22.7 Å². The molecule has 0 saturated carbocycles. The van der Waals surface area contributed by atoms with Crippen molar-refractivity contribution >= 4 is 27.5 Å². The second-order valence-electron chi connectivity index (χ2n) is 8.86. The Morgan fingerprint density at radius 2 is 1.66 bits per heavy atom. The van der Waals surface area contributed by atoms with Crippen molar-refractivity contribution in [3.05, 3.63) is 90.0 Å². The molecule has 0 aliphatic heterocycles. The molecule has 3 rings (SSSR count). The van der Waals surface area contributed by atoms with Gasteiger partial charge in [-0.25, -0.2) is 8.42 Å². The molecule has 38 heavy (non-hydrogen) atoms. The Kier molecular flexibility index (Phi) is 9.90. The van der Waals surface area contributed by atoms with Crippen molar-refractivity contribution in [3.8, 4) is 5.75 Å². The Morgan fingerprint density at radius 1 is 0.947 bits per heavy atom. The van der Waals surface area contributed by atoms with Crippen LogP contribution in [0.25, 0.3) is 0 Å². The summed E-state index contributed by atoms with van der Waals surface area (Å²) in [6.07, 6.45) is 0.359. The highest BCUT2D eigenvalue weighted by Crippen LogP contribution is 2.26. The number of ether oxygens (including phenoxy) is 1. The van der Waals surface area contributed by atoms with Crippen LogP contribution in [-0.2, 0) is 26.2 Å². The Hall–Kier alpha value is -3.85. The summed E-state index contributed by atoms with van der Waals surface area (Å²) in [6.45, 7) is 5.54. The van der Waals surface area contributed by atoms with Gasteiger partial charge in [0.2, 0.25) is 11.8 Å². The third kappa shape index (κ3) is 6.92. The fourth-order valence-electron chi connectivity index (χ4n) is 4.21. The zero-order valence-electron chi connectivity index (χ0n) is 22.3. The van der Waals surface area contributed by atoms with Crippen molar-refractivity contribution in [2.24, 2.45) is 0 Å². The van der Waals surface area contributed by atoms with Crippen LogP contribution in [0.15, 0.2) is 83.8 Å². The Balaban J connectivity index is 2.06. The van der Waals surface area contributed by atoms with E-state index in [1.807, 2.05) is 39.0 Å². The van der Waals surface area contributed by atoms with Gasteiger partial charge >= 0.3 is 0 Å². The minimum absolute atomic E-state index is 0.0735. The number of likely N-dealkylation sites (N-methyl/N-ethyl adjacent to an activating group) is 1. The van der Waals surface area contributed by atoms with E-state index in [-0.39, 0.29) is 17.3 Å². The van der Waals surface area contributed by atoms with Crippen LogP contribution < -0.4 is 14.4 Å². The van der Waals surface area contributed by atoms with Crippen LogP contribution in [0, 0.1) is 6.92 Å². The molecule has 0 aliphatic rings. The fourth-order valence-corrected chi connectivity index (χ4v) is 5.64. The monoisotopic (exact) mass is 537 g/mol. The SMILES string of the molecule is CCNC(=O)[C@@H](CC)N(Cc1cccc(OC)c1)C(=O)CN(c1cccc(C)c1)S(=O)(=O)c1ccccc1. The first-order valence-electron chi connectivity index (χ1n) is 12.6. The van der Waals surface area contributed by atoms with Gasteiger partial charge in [-0.1, -0.05) is 49.4 Å². The van der Waals surface area contributed by atoms with Gasteiger partial charge in [0.25, 0.3) is 10.0 Å². The molecule has 2 amide bonds. The number of aryl methyl sites for hydroxylation is 1. The van der Waals surface area contributed by atoms with Crippen LogP contribution in [0.1, 0.15) is 31.4 Å². The average Bonchev–Trinajstić information content (AvgIpc) is 2.92. The van der Waals surface area contributed by atoms with Gasteiger partial charge in [-0.3, -0.25) is 13.9 Å². The minimum Gasteiger partial charge on any atom is -0.497 e. The summed E-state index contributed by atoms with van der Waals surface area (Å²) in [5, 5.41) is 2.80. The molecular weight excluding hydrogens is 502 g/mol. The van der Waals surface area contributed by atoms with Crippen LogP contribution in [0.3, 0.4) is 0 Å². The number of carbonyl (C=O) groups excluding carboxylic acids is 2. The van der Waals surface area contributed by atoms with Crippen LogP contribution >= 0.6 is 0 Å². The van der Waals surface area contributed by atoms with E-state index < -0.39 is 28.5 Å². The number of amides is 2. The molecule has 0 spiro atoms. The lowest BCUT2D eigenvalue weighted by atomic mass is 10.1. The third-order valence-electron chi connectivity index (χ3n) is 6.12. The Labute approximate surface area is 225 Å². The molecule has 0 aromatic heterocycles. The number of benzene rings is 3. The zero-order chi connectivity index (χ0) is 27.7. The molecule has 0 aliphatic carbocycles. The van der Waals surface area contributed by atoms with Crippen molar-refractivity contribution in [3.63, 3.8) is 0 Å². The molecule has 3 aromatic carbocycles. The summed E-state index contributed by atoms with van der Waals surface area (Å²) in [7, 11) is -2.53. The van der Waals surface area contributed by atoms with Gasteiger partial charge in [-0.05, 0) is 67.8 Å². The first-order chi connectivity index (χ1) is 18.2. The van der Waals surface area contributed by atoms with E-state index in [2.05, 4.69) is 5.32 Å². The number of sulfonamides is 1. The van der Waals surface area contributed by atoms with Gasteiger partial charge < -0.3 is 15.0 Å². The quantitative estimate of drug-likeness (QED) is 0.375. The summed E-state index contributed by atoms with van der Waals surface area (Å²) in [5.41, 5.74) is 1.98. The maximum absolute atomic E-state index is 14.0. The minimum atomic E-state index is -4.08. The average molecular weight is 538 g/mol. The van der Waals surface area contributed by atoms with E-state index in [4.69, 9.17) is 4.74 Å². The summed E-state index contributed by atoms with van der Waals surface area (Å²) < 4.78 is 34.0. The predicted octanol–water partition coefficient (Wildman–Crippen LogP) is 4.14. The smallest absolute Gasteiger partial charge is 0.264 e. The molecule has 1 atom stereocenters. The Morgan fingerprint density at radius 3 is 2.29 bits per heavy atom. The maximum Gasteiger partial charge on any atom is 0.264 e. The molecule has 0 unspecified atom stereocenters. The highest BCUT2D eigenvalue weighted by Gasteiger charge is 2.33. The van der Waals surface area contributed by atoms with Crippen molar-refractivity contribution in [2.75, 3.05) is 24.5 Å². The van der Waals surface area contributed by atoms with E-state index >= 15 is 0 Å². The van der Waals surface area contributed by atoms with E-state index in [1.165, 1.54) is 17.0 Å². The standard InChI is InChI=1S/C29H35N3O5S/c1-5-27(29(34)30-6-2)31(20-23-13-11-15-25(19-23)37-4)28(33)21-32(24-14-10-12-22(3)18-24)38(35,36)26-16-8-7-9-17-26/h7-19,27H,5-6,20-21H2,1-4H3,(H,30,34)/t27-/m1/s1. The molecule has 0 bridgehead atoms. The lowest BCUT2D eigenvalue weighted by molar-refractivity contribution is -0.140. The molecular formula is C29H35N3O5S. The highest BCUT2D eigenvalue weighted by atomic mass is 32.2. The van der Waals surface area contributed by atoms with Crippen LogP contribution in [0.4, 0.5) is 5.69 Å². The number of hydrogen-bond donors (Lipinski definition) is 1. The molecule has 0 fully saturated rings. The largest absolute Gasteiger partial charge is 0.497 e. The maximum atomic E-state index is 14.0. The van der Waals surface area contributed by atoms with E-state index in [9.17, 15) is 18.0 Å². The number of carbonyl (C=O) groups is 2. The molecule has 1 N–H and O–H groups in total. The van der Waals surface area contributed by atoms with Crippen LogP contribution in [0.2, 0.25) is 0 Å². The van der Waals surface area contributed by atoms with Crippen molar-refractivity contribution in [1.29, 1.82) is 0 Å². The number of hydrogen-bond acceptors (Lipinski definition) is 5. The van der Waals surface area contributed by atoms with Crippen LogP contribution in [-0.4, -0.2) is 51.4 Å². The summed E-state index contributed by atoms with van der Waals surface area (Å²) >= 11 is 0.